The number of fused-ring (bicyclic) bond motifs is 1. The SMILES string of the molecule is CN(C)c1ccc(Nc2nnc(-c3cccnc3Nc3cccc4c3OCO4)[nH]2)cc1. The van der Waals surface area contributed by atoms with Gasteiger partial charge in [0, 0.05) is 31.7 Å². The van der Waals surface area contributed by atoms with Crippen LogP contribution in [0.2, 0.25) is 0 Å². The molecule has 2 aromatic heterocycles. The average Bonchev–Trinajstić information content (AvgIpc) is 3.45. The summed E-state index contributed by atoms with van der Waals surface area (Å²) in [5.41, 5.74) is 3.59. The smallest absolute Gasteiger partial charge is 0.231 e. The number of aromatic nitrogens is 4. The van der Waals surface area contributed by atoms with Crippen LogP contribution >= 0.6 is 0 Å². The van der Waals surface area contributed by atoms with E-state index in [0.717, 1.165) is 22.6 Å². The molecule has 3 heterocycles. The van der Waals surface area contributed by atoms with Crippen LogP contribution in [0, 0.1) is 0 Å². The molecule has 31 heavy (non-hydrogen) atoms. The third-order valence-corrected chi connectivity index (χ3v) is 4.85. The van der Waals surface area contributed by atoms with Gasteiger partial charge in [-0.15, -0.1) is 10.2 Å². The predicted octanol–water partition coefficient (Wildman–Crippen LogP) is 4.15. The van der Waals surface area contributed by atoms with Gasteiger partial charge in [0.05, 0.1) is 11.3 Å². The van der Waals surface area contributed by atoms with Crippen molar-refractivity contribution in [2.45, 2.75) is 0 Å². The summed E-state index contributed by atoms with van der Waals surface area (Å²) in [4.78, 5) is 9.74. The zero-order valence-corrected chi connectivity index (χ0v) is 17.1. The summed E-state index contributed by atoms with van der Waals surface area (Å²) < 4.78 is 11.0. The first-order valence-corrected chi connectivity index (χ1v) is 9.75. The van der Waals surface area contributed by atoms with Crippen LogP contribution in [0.3, 0.4) is 0 Å². The van der Waals surface area contributed by atoms with Gasteiger partial charge in [-0.05, 0) is 48.5 Å². The minimum absolute atomic E-state index is 0.204. The molecule has 9 heteroatoms. The van der Waals surface area contributed by atoms with Crippen molar-refractivity contribution in [3.05, 3.63) is 60.8 Å². The number of H-pyrrole nitrogens is 1. The summed E-state index contributed by atoms with van der Waals surface area (Å²) in [6.45, 7) is 0.204. The monoisotopic (exact) mass is 415 g/mol. The lowest BCUT2D eigenvalue weighted by Gasteiger charge is -2.12. The third-order valence-electron chi connectivity index (χ3n) is 4.85. The van der Waals surface area contributed by atoms with Crippen molar-refractivity contribution in [2.24, 2.45) is 0 Å². The van der Waals surface area contributed by atoms with Crippen molar-refractivity contribution in [3.8, 4) is 22.9 Å². The molecule has 0 radical (unpaired) electrons. The largest absolute Gasteiger partial charge is 0.454 e. The Labute approximate surface area is 179 Å². The molecule has 0 amide bonds. The van der Waals surface area contributed by atoms with Gasteiger partial charge in [0.2, 0.25) is 12.7 Å². The van der Waals surface area contributed by atoms with Gasteiger partial charge >= 0.3 is 0 Å². The van der Waals surface area contributed by atoms with E-state index in [1.807, 2.05) is 73.6 Å². The van der Waals surface area contributed by atoms with Gasteiger partial charge in [0.25, 0.3) is 0 Å². The highest BCUT2D eigenvalue weighted by molar-refractivity contribution is 5.78. The highest BCUT2D eigenvalue weighted by atomic mass is 16.7. The van der Waals surface area contributed by atoms with Crippen molar-refractivity contribution in [3.63, 3.8) is 0 Å². The van der Waals surface area contributed by atoms with Gasteiger partial charge in [0.1, 0.15) is 5.82 Å². The Hall–Kier alpha value is -4.27. The van der Waals surface area contributed by atoms with Gasteiger partial charge in [0.15, 0.2) is 17.3 Å². The number of benzene rings is 2. The first kappa shape index (κ1) is 18.7. The second-order valence-corrected chi connectivity index (χ2v) is 7.15. The molecule has 0 saturated carbocycles. The molecule has 9 nitrogen and oxygen atoms in total. The van der Waals surface area contributed by atoms with E-state index < -0.39 is 0 Å². The van der Waals surface area contributed by atoms with Crippen LogP contribution in [0.25, 0.3) is 11.4 Å². The second-order valence-electron chi connectivity index (χ2n) is 7.15. The van der Waals surface area contributed by atoms with E-state index in [4.69, 9.17) is 9.47 Å². The van der Waals surface area contributed by atoms with Gasteiger partial charge in [-0.25, -0.2) is 4.98 Å². The molecule has 1 aliphatic heterocycles. The van der Waals surface area contributed by atoms with Crippen molar-refractivity contribution in [1.82, 2.24) is 20.2 Å². The summed E-state index contributed by atoms with van der Waals surface area (Å²) in [7, 11) is 4.01. The van der Waals surface area contributed by atoms with Crippen LogP contribution in [-0.4, -0.2) is 41.1 Å². The number of nitrogens with zero attached hydrogens (tertiary/aromatic N) is 4. The first-order valence-electron chi connectivity index (χ1n) is 9.75. The maximum absolute atomic E-state index is 5.58. The Morgan fingerprint density at radius 3 is 2.65 bits per heavy atom. The summed E-state index contributed by atoms with van der Waals surface area (Å²) in [6, 6.07) is 17.5. The van der Waals surface area contributed by atoms with Crippen LogP contribution in [0.4, 0.5) is 28.8 Å². The van der Waals surface area contributed by atoms with Crippen LogP contribution in [0.5, 0.6) is 11.5 Å². The van der Waals surface area contributed by atoms with E-state index in [1.54, 1.807) is 6.20 Å². The Bertz CT molecular complexity index is 1200. The number of ether oxygens (including phenoxy) is 2. The zero-order valence-electron chi connectivity index (χ0n) is 17.1. The number of rotatable bonds is 6. The van der Waals surface area contributed by atoms with E-state index in [-0.39, 0.29) is 6.79 Å². The first-order chi connectivity index (χ1) is 15.2. The molecule has 0 atom stereocenters. The molecule has 4 aromatic rings. The summed E-state index contributed by atoms with van der Waals surface area (Å²) in [5.74, 6) is 3.13. The Kier molecular flexibility index (Phi) is 4.75. The fourth-order valence-corrected chi connectivity index (χ4v) is 3.27. The number of aromatic amines is 1. The van der Waals surface area contributed by atoms with Crippen molar-refractivity contribution < 1.29 is 9.47 Å². The topological polar surface area (TPSA) is 100 Å². The Morgan fingerprint density at radius 1 is 0.935 bits per heavy atom. The summed E-state index contributed by atoms with van der Waals surface area (Å²) >= 11 is 0. The van der Waals surface area contributed by atoms with E-state index >= 15 is 0 Å². The quantitative estimate of drug-likeness (QED) is 0.432. The van der Waals surface area contributed by atoms with Crippen LogP contribution < -0.4 is 25.0 Å². The maximum atomic E-state index is 5.58. The number of pyridine rings is 1. The molecule has 0 fully saturated rings. The van der Waals surface area contributed by atoms with Gasteiger partial charge < -0.3 is 30.0 Å². The van der Waals surface area contributed by atoms with Crippen LogP contribution in [-0.2, 0) is 0 Å². The molecule has 0 unspecified atom stereocenters. The highest BCUT2D eigenvalue weighted by Gasteiger charge is 2.19. The lowest BCUT2D eigenvalue weighted by atomic mass is 10.2. The average molecular weight is 415 g/mol. The molecule has 3 N–H and O–H groups in total. The molecule has 0 saturated heterocycles. The maximum Gasteiger partial charge on any atom is 0.231 e. The Morgan fingerprint density at radius 2 is 1.81 bits per heavy atom. The molecule has 5 rings (SSSR count). The van der Waals surface area contributed by atoms with Crippen molar-refractivity contribution >= 4 is 28.8 Å². The normalized spacial score (nSPS) is 11.9. The van der Waals surface area contributed by atoms with Crippen molar-refractivity contribution in [1.29, 1.82) is 0 Å². The van der Waals surface area contributed by atoms with Gasteiger partial charge in [-0.3, -0.25) is 0 Å². The molecule has 156 valence electrons. The summed E-state index contributed by atoms with van der Waals surface area (Å²) in [5, 5.41) is 15.1. The predicted molar refractivity (Wildman–Crippen MR) is 120 cm³/mol. The van der Waals surface area contributed by atoms with Crippen molar-refractivity contribution in [2.75, 3.05) is 36.4 Å². The van der Waals surface area contributed by atoms with Gasteiger partial charge in [-0.1, -0.05) is 6.07 Å². The van der Waals surface area contributed by atoms with Crippen LogP contribution in [0.1, 0.15) is 0 Å². The standard InChI is InChI=1S/C22H21N7O2/c1-29(2)15-10-8-14(9-11-15)24-22-26-21(27-28-22)16-5-4-12-23-20(16)25-17-6-3-7-18-19(17)31-13-30-18/h3-12H,13H2,1-2H3,(H,23,25)(H2,24,26,27,28). The lowest BCUT2D eigenvalue weighted by molar-refractivity contribution is 0.174. The number of para-hydroxylation sites is 1. The summed E-state index contributed by atoms with van der Waals surface area (Å²) in [6.07, 6.45) is 1.72. The molecule has 0 aliphatic carbocycles. The minimum Gasteiger partial charge on any atom is -0.454 e. The fraction of sp³-hybridized carbons (Fsp3) is 0.136. The lowest BCUT2D eigenvalue weighted by Crippen LogP contribution is -2.08. The van der Waals surface area contributed by atoms with Crippen LogP contribution in [0.15, 0.2) is 60.8 Å². The molecule has 0 spiro atoms. The van der Waals surface area contributed by atoms with E-state index in [9.17, 15) is 0 Å². The number of hydrogen-bond donors (Lipinski definition) is 3. The van der Waals surface area contributed by atoms with E-state index in [0.29, 0.717) is 29.1 Å². The highest BCUT2D eigenvalue weighted by Crippen LogP contribution is 2.40. The zero-order chi connectivity index (χ0) is 21.2. The third kappa shape index (κ3) is 3.80. The molecule has 2 aromatic carbocycles. The number of nitrogens with one attached hydrogen (secondary N) is 3. The minimum atomic E-state index is 0.204. The Balaban J connectivity index is 1.38. The fourth-order valence-electron chi connectivity index (χ4n) is 3.27. The number of anilines is 5. The molecular formula is C22H21N7O2. The number of hydrogen-bond acceptors (Lipinski definition) is 8. The van der Waals surface area contributed by atoms with Gasteiger partial charge in [-0.2, -0.15) is 0 Å². The van der Waals surface area contributed by atoms with E-state index in [2.05, 4.69) is 30.8 Å². The molecule has 1 aliphatic rings. The van der Waals surface area contributed by atoms with E-state index in [1.165, 1.54) is 0 Å². The molecule has 0 bridgehead atoms. The molecular weight excluding hydrogens is 394 g/mol. The second kappa shape index (κ2) is 7.86.